The molecule has 2 aromatic heterocycles. The number of anilines is 1. The largest absolute Gasteiger partial charge is 0.444 e. The fraction of sp³-hybridized carbons (Fsp3) is 0. The number of benzene rings is 2. The van der Waals surface area contributed by atoms with Crippen LogP contribution in [0, 0.1) is 0 Å². The van der Waals surface area contributed by atoms with Gasteiger partial charge in [-0.3, -0.25) is 5.43 Å². The molecule has 0 bridgehead atoms. The molecule has 2 aromatic carbocycles. The first kappa shape index (κ1) is 16.6. The number of nitrogens with zero attached hydrogens (tertiary/aromatic N) is 2. The van der Waals surface area contributed by atoms with Gasteiger partial charge in [-0.25, -0.2) is 4.98 Å². The summed E-state index contributed by atoms with van der Waals surface area (Å²) in [5, 5.41) is 6.14. The average Bonchev–Trinajstić information content (AvgIpc) is 3.07. The number of furan rings is 1. The molecule has 1 N–H and O–H groups in total. The Kier molecular flexibility index (Phi) is 4.61. The third-order valence-corrected chi connectivity index (χ3v) is 4.26. The number of halogens is 2. The van der Waals surface area contributed by atoms with Gasteiger partial charge >= 0.3 is 0 Å². The van der Waals surface area contributed by atoms with E-state index in [0.717, 1.165) is 22.0 Å². The van der Waals surface area contributed by atoms with Crippen molar-refractivity contribution in [2.45, 2.75) is 0 Å². The molecule has 4 rings (SSSR count). The molecule has 4 nitrogen and oxygen atoms in total. The summed E-state index contributed by atoms with van der Waals surface area (Å²) in [6, 6.07) is 21.1. The topological polar surface area (TPSA) is 50.4 Å². The zero-order valence-electron chi connectivity index (χ0n) is 13.5. The predicted molar refractivity (Wildman–Crippen MR) is 107 cm³/mol. The Balaban J connectivity index is 1.74. The van der Waals surface area contributed by atoms with Crippen LogP contribution in [0.4, 0.5) is 5.82 Å². The number of hydrazone groups is 1. The Labute approximate surface area is 160 Å². The minimum Gasteiger partial charge on any atom is -0.444 e. The van der Waals surface area contributed by atoms with Gasteiger partial charge in [0.25, 0.3) is 0 Å². The van der Waals surface area contributed by atoms with E-state index in [4.69, 9.17) is 27.6 Å². The minimum atomic E-state index is 0.318. The number of pyridine rings is 1. The number of nitrogens with one attached hydrogen (secondary N) is 1. The highest BCUT2D eigenvalue weighted by molar-refractivity contribution is 6.31. The predicted octanol–water partition coefficient (Wildman–Crippen LogP) is 6.25. The Hall–Kier alpha value is -2.82. The van der Waals surface area contributed by atoms with Crippen molar-refractivity contribution < 1.29 is 4.42 Å². The third kappa shape index (κ3) is 3.57. The molecule has 0 fully saturated rings. The van der Waals surface area contributed by atoms with Gasteiger partial charge in [-0.1, -0.05) is 41.9 Å². The minimum absolute atomic E-state index is 0.318. The van der Waals surface area contributed by atoms with Gasteiger partial charge in [-0.15, -0.1) is 0 Å². The summed E-state index contributed by atoms with van der Waals surface area (Å²) in [5.74, 6) is 1.17. The lowest BCUT2D eigenvalue weighted by Gasteiger charge is -2.10. The summed E-state index contributed by atoms with van der Waals surface area (Å²) >= 11 is 11.9. The smallest absolute Gasteiger partial charge is 0.193 e. The summed E-state index contributed by atoms with van der Waals surface area (Å²) in [7, 11) is 0. The molecule has 0 saturated carbocycles. The molecule has 4 aromatic rings. The van der Waals surface area contributed by atoms with Crippen LogP contribution in [0.1, 0.15) is 5.76 Å². The van der Waals surface area contributed by atoms with E-state index in [1.54, 1.807) is 18.3 Å². The summed E-state index contributed by atoms with van der Waals surface area (Å²) in [4.78, 5) is 4.60. The lowest BCUT2D eigenvalue weighted by molar-refractivity contribution is 0.562. The van der Waals surface area contributed by atoms with Crippen molar-refractivity contribution in [3.8, 4) is 11.1 Å². The second-order valence-corrected chi connectivity index (χ2v) is 6.40. The Morgan fingerprint density at radius 2 is 1.81 bits per heavy atom. The van der Waals surface area contributed by atoms with Crippen LogP contribution in [-0.4, -0.2) is 11.2 Å². The molecule has 26 heavy (non-hydrogen) atoms. The lowest BCUT2D eigenvalue weighted by Crippen LogP contribution is -1.95. The molecule has 0 radical (unpaired) electrons. The Bertz CT molecular complexity index is 1090. The number of hydrogen-bond donors (Lipinski definition) is 1. The molecule has 0 aliphatic heterocycles. The van der Waals surface area contributed by atoms with E-state index in [1.165, 1.54) is 0 Å². The molecule has 2 heterocycles. The summed E-state index contributed by atoms with van der Waals surface area (Å²) in [5.41, 5.74) is 5.87. The Morgan fingerprint density at radius 3 is 2.58 bits per heavy atom. The lowest BCUT2D eigenvalue weighted by atomic mass is 10.0. The summed E-state index contributed by atoms with van der Waals surface area (Å²) in [6.07, 6.45) is 1.54. The van der Waals surface area contributed by atoms with E-state index >= 15 is 0 Å². The van der Waals surface area contributed by atoms with Crippen LogP contribution in [-0.2, 0) is 0 Å². The molecule has 0 aliphatic carbocycles. The van der Waals surface area contributed by atoms with Gasteiger partial charge in [-0.05, 0) is 59.1 Å². The van der Waals surface area contributed by atoms with Gasteiger partial charge in [0.1, 0.15) is 11.6 Å². The highest BCUT2D eigenvalue weighted by atomic mass is 35.5. The zero-order valence-corrected chi connectivity index (χ0v) is 15.0. The first-order chi connectivity index (χ1) is 12.7. The van der Waals surface area contributed by atoms with Crippen molar-refractivity contribution in [3.63, 3.8) is 0 Å². The monoisotopic (exact) mass is 381 g/mol. The van der Waals surface area contributed by atoms with Gasteiger partial charge in [-0.2, -0.15) is 5.10 Å². The van der Waals surface area contributed by atoms with Crippen LogP contribution >= 0.6 is 23.2 Å². The number of aromatic nitrogens is 1. The fourth-order valence-corrected chi connectivity index (χ4v) is 3.00. The van der Waals surface area contributed by atoms with E-state index in [9.17, 15) is 0 Å². The van der Waals surface area contributed by atoms with E-state index < -0.39 is 0 Å². The molecule has 0 spiro atoms. The quantitative estimate of drug-likeness (QED) is 0.335. The molecule has 0 amide bonds. The highest BCUT2D eigenvalue weighted by Crippen LogP contribution is 2.31. The summed E-state index contributed by atoms with van der Waals surface area (Å²) < 4.78 is 5.24. The van der Waals surface area contributed by atoms with Crippen LogP contribution in [0.25, 0.3) is 22.0 Å². The zero-order chi connectivity index (χ0) is 17.9. The van der Waals surface area contributed by atoms with Crippen molar-refractivity contribution in [2.75, 3.05) is 5.43 Å². The van der Waals surface area contributed by atoms with Gasteiger partial charge < -0.3 is 4.42 Å². The number of rotatable bonds is 4. The van der Waals surface area contributed by atoms with Gasteiger partial charge in [0.2, 0.25) is 0 Å². The first-order valence-electron chi connectivity index (χ1n) is 7.89. The molecule has 0 saturated heterocycles. The Morgan fingerprint density at radius 1 is 0.962 bits per heavy atom. The molecule has 6 heteroatoms. The third-order valence-electron chi connectivity index (χ3n) is 3.82. The maximum absolute atomic E-state index is 6.18. The molecular formula is C20H13Cl2N3O. The number of fused-ring (bicyclic) bond motifs is 1. The second-order valence-electron chi connectivity index (χ2n) is 5.59. The second kappa shape index (κ2) is 7.20. The van der Waals surface area contributed by atoms with E-state index in [-0.39, 0.29) is 0 Å². The van der Waals surface area contributed by atoms with Gasteiger partial charge in [0.05, 0.1) is 11.7 Å². The van der Waals surface area contributed by atoms with Crippen molar-refractivity contribution in [3.05, 3.63) is 82.7 Å². The molecular weight excluding hydrogens is 369 g/mol. The van der Waals surface area contributed by atoms with Crippen molar-refractivity contribution in [1.82, 2.24) is 4.98 Å². The molecule has 0 atom stereocenters. The first-order valence-corrected chi connectivity index (χ1v) is 8.65. The van der Waals surface area contributed by atoms with Crippen molar-refractivity contribution in [2.24, 2.45) is 5.10 Å². The van der Waals surface area contributed by atoms with E-state index in [0.29, 0.717) is 21.8 Å². The normalized spacial score (nSPS) is 11.3. The van der Waals surface area contributed by atoms with Crippen molar-refractivity contribution >= 4 is 46.1 Å². The molecule has 0 aliphatic rings. The van der Waals surface area contributed by atoms with E-state index in [2.05, 4.69) is 15.5 Å². The van der Waals surface area contributed by atoms with Crippen LogP contribution in [0.5, 0.6) is 0 Å². The standard InChI is InChI=1S/C20H13Cl2N3O/c21-14-6-8-18-17(10-14)16(13-4-2-1-3-5-13)11-20(24-18)25-23-12-15-7-9-19(22)26-15/h1-12H,(H,24,25)/b23-12+. The number of hydrogen-bond acceptors (Lipinski definition) is 4. The maximum Gasteiger partial charge on any atom is 0.193 e. The SMILES string of the molecule is Clc1ccc2nc(N/N=C/c3ccc(Cl)o3)cc(-c3ccccc3)c2c1. The highest BCUT2D eigenvalue weighted by Gasteiger charge is 2.08. The van der Waals surface area contributed by atoms with Crippen LogP contribution in [0.15, 0.2) is 76.2 Å². The van der Waals surface area contributed by atoms with Gasteiger partial charge in [0.15, 0.2) is 5.22 Å². The maximum atomic E-state index is 6.18. The molecule has 0 unspecified atom stereocenters. The van der Waals surface area contributed by atoms with Crippen LogP contribution < -0.4 is 5.43 Å². The molecule has 128 valence electrons. The van der Waals surface area contributed by atoms with E-state index in [1.807, 2.05) is 54.6 Å². The summed E-state index contributed by atoms with van der Waals surface area (Å²) in [6.45, 7) is 0. The fourth-order valence-electron chi connectivity index (χ4n) is 2.67. The van der Waals surface area contributed by atoms with Crippen LogP contribution in [0.2, 0.25) is 10.2 Å². The average molecular weight is 382 g/mol. The van der Waals surface area contributed by atoms with Crippen molar-refractivity contribution in [1.29, 1.82) is 0 Å². The van der Waals surface area contributed by atoms with Gasteiger partial charge in [0, 0.05) is 10.4 Å². The van der Waals surface area contributed by atoms with Crippen LogP contribution in [0.3, 0.4) is 0 Å².